The molecule has 1 aliphatic carbocycles. The molecule has 22 heavy (non-hydrogen) atoms. The van der Waals surface area contributed by atoms with Gasteiger partial charge in [0, 0.05) is 6.04 Å². The minimum Gasteiger partial charge on any atom is -0.369 e. The van der Waals surface area contributed by atoms with E-state index in [1.807, 2.05) is 0 Å². The number of fused-ring (bicyclic) bond motifs is 2. The Balaban J connectivity index is 1.68. The van der Waals surface area contributed by atoms with E-state index in [0.717, 1.165) is 19.4 Å². The van der Waals surface area contributed by atoms with Gasteiger partial charge in [-0.1, -0.05) is 30.7 Å². The van der Waals surface area contributed by atoms with Crippen molar-refractivity contribution >= 4 is 5.57 Å². The smallest absolute Gasteiger partial charge is 0.102 e. The molecule has 2 heteroatoms. The first-order chi connectivity index (χ1) is 10.7. The molecule has 118 valence electrons. The fourth-order valence-electron chi connectivity index (χ4n) is 4.67. The monoisotopic (exact) mass is 297 g/mol. The number of nitrogens with zero attached hydrogens (tertiary/aromatic N) is 1. The van der Waals surface area contributed by atoms with Gasteiger partial charge in [-0.05, 0) is 74.9 Å². The molecule has 4 rings (SSSR count). The summed E-state index contributed by atoms with van der Waals surface area (Å²) in [7, 11) is 0. The van der Waals surface area contributed by atoms with Crippen molar-refractivity contribution in [2.45, 2.75) is 57.6 Å². The Bertz CT molecular complexity index is 599. The second kappa shape index (κ2) is 5.50. The molecule has 0 radical (unpaired) electrons. The van der Waals surface area contributed by atoms with Gasteiger partial charge >= 0.3 is 0 Å². The predicted molar refractivity (Wildman–Crippen MR) is 90.9 cm³/mol. The van der Waals surface area contributed by atoms with Crippen molar-refractivity contribution in [2.75, 3.05) is 19.7 Å². The van der Waals surface area contributed by atoms with Gasteiger partial charge in [0.15, 0.2) is 0 Å². The topological polar surface area (TPSA) is 12.5 Å². The Hall–Kier alpha value is -1.12. The maximum atomic E-state index is 6.43. The van der Waals surface area contributed by atoms with Gasteiger partial charge in [0.25, 0.3) is 0 Å². The molecule has 2 atom stereocenters. The molecule has 2 nitrogen and oxygen atoms in total. The highest BCUT2D eigenvalue weighted by molar-refractivity contribution is 5.78. The molecule has 1 aromatic rings. The van der Waals surface area contributed by atoms with Crippen molar-refractivity contribution in [3.8, 4) is 0 Å². The molecule has 0 saturated carbocycles. The standard InChI is InChI=1S/C20H27NO/c1-15(21-11-6-3-7-12-21)20(2)19-14-16-8-4-5-9-17(16)18(19)10-13-22-20/h4-5,8-9,15H,3,6-7,10-14H2,1-2H3. The van der Waals surface area contributed by atoms with Gasteiger partial charge < -0.3 is 4.74 Å². The summed E-state index contributed by atoms with van der Waals surface area (Å²) < 4.78 is 6.43. The molecular weight excluding hydrogens is 270 g/mol. The summed E-state index contributed by atoms with van der Waals surface area (Å²) >= 11 is 0. The van der Waals surface area contributed by atoms with Gasteiger partial charge in [0.1, 0.15) is 5.60 Å². The van der Waals surface area contributed by atoms with E-state index in [-0.39, 0.29) is 5.60 Å². The summed E-state index contributed by atoms with van der Waals surface area (Å²) in [5.74, 6) is 0. The zero-order chi connectivity index (χ0) is 15.2. The Labute approximate surface area is 134 Å². The van der Waals surface area contributed by atoms with Crippen LogP contribution in [0.3, 0.4) is 0 Å². The molecule has 0 aromatic heterocycles. The maximum absolute atomic E-state index is 6.43. The Morgan fingerprint density at radius 1 is 1.14 bits per heavy atom. The molecule has 1 fully saturated rings. The zero-order valence-electron chi connectivity index (χ0n) is 13.9. The highest BCUT2D eigenvalue weighted by Crippen LogP contribution is 2.46. The summed E-state index contributed by atoms with van der Waals surface area (Å²) in [5.41, 5.74) is 5.99. The Kier molecular flexibility index (Phi) is 3.62. The van der Waals surface area contributed by atoms with Gasteiger partial charge in [0.2, 0.25) is 0 Å². The van der Waals surface area contributed by atoms with E-state index < -0.39 is 0 Å². The van der Waals surface area contributed by atoms with Gasteiger partial charge in [-0.25, -0.2) is 0 Å². The number of hydrogen-bond donors (Lipinski definition) is 0. The molecule has 2 unspecified atom stereocenters. The first-order valence-corrected chi connectivity index (χ1v) is 8.89. The SMILES string of the molecule is CC(N1CCCCC1)C1(C)OCCC2=C1Cc1ccccc12. The second-order valence-corrected chi connectivity index (χ2v) is 7.27. The summed E-state index contributed by atoms with van der Waals surface area (Å²) in [4.78, 5) is 2.66. The Morgan fingerprint density at radius 2 is 1.91 bits per heavy atom. The highest BCUT2D eigenvalue weighted by atomic mass is 16.5. The van der Waals surface area contributed by atoms with Gasteiger partial charge in [-0.2, -0.15) is 0 Å². The van der Waals surface area contributed by atoms with E-state index in [1.165, 1.54) is 43.5 Å². The summed E-state index contributed by atoms with van der Waals surface area (Å²) in [6.45, 7) is 8.05. The van der Waals surface area contributed by atoms with E-state index in [2.05, 4.69) is 43.0 Å². The van der Waals surface area contributed by atoms with E-state index in [0.29, 0.717) is 6.04 Å². The van der Waals surface area contributed by atoms with Crippen LogP contribution in [0, 0.1) is 0 Å². The third-order valence-corrected chi connectivity index (χ3v) is 6.16. The van der Waals surface area contributed by atoms with Crippen LogP contribution in [0.2, 0.25) is 0 Å². The minimum absolute atomic E-state index is 0.121. The lowest BCUT2D eigenvalue weighted by molar-refractivity contribution is -0.0686. The van der Waals surface area contributed by atoms with E-state index in [1.54, 1.807) is 11.1 Å². The number of rotatable bonds is 2. The van der Waals surface area contributed by atoms with E-state index >= 15 is 0 Å². The van der Waals surface area contributed by atoms with Crippen molar-refractivity contribution in [3.63, 3.8) is 0 Å². The van der Waals surface area contributed by atoms with Crippen molar-refractivity contribution in [3.05, 3.63) is 41.0 Å². The third-order valence-electron chi connectivity index (χ3n) is 6.16. The summed E-state index contributed by atoms with van der Waals surface area (Å²) in [5, 5.41) is 0. The van der Waals surface area contributed by atoms with Crippen LogP contribution in [0.25, 0.3) is 5.57 Å². The average Bonchev–Trinajstić information content (AvgIpc) is 2.96. The zero-order valence-corrected chi connectivity index (χ0v) is 13.9. The molecular formula is C20H27NO. The van der Waals surface area contributed by atoms with Crippen molar-refractivity contribution in [1.29, 1.82) is 0 Å². The van der Waals surface area contributed by atoms with Gasteiger partial charge in [-0.3, -0.25) is 4.90 Å². The molecule has 0 spiro atoms. The third kappa shape index (κ3) is 2.16. The van der Waals surface area contributed by atoms with Crippen LogP contribution in [-0.4, -0.2) is 36.2 Å². The lowest BCUT2D eigenvalue weighted by Gasteiger charge is -2.46. The number of piperidine rings is 1. The molecule has 1 saturated heterocycles. The van der Waals surface area contributed by atoms with Crippen molar-refractivity contribution in [1.82, 2.24) is 4.90 Å². The molecule has 2 heterocycles. The summed E-state index contributed by atoms with van der Waals surface area (Å²) in [6.07, 6.45) is 6.23. The maximum Gasteiger partial charge on any atom is 0.102 e. The predicted octanol–water partition coefficient (Wildman–Crippen LogP) is 4.05. The average molecular weight is 297 g/mol. The summed E-state index contributed by atoms with van der Waals surface area (Å²) in [6, 6.07) is 9.40. The van der Waals surface area contributed by atoms with Crippen LogP contribution in [0.4, 0.5) is 0 Å². The molecule has 1 aromatic carbocycles. The normalized spacial score (nSPS) is 30.1. The van der Waals surface area contributed by atoms with Crippen LogP contribution < -0.4 is 0 Å². The van der Waals surface area contributed by atoms with Crippen molar-refractivity contribution < 1.29 is 4.74 Å². The molecule has 3 aliphatic rings. The highest BCUT2D eigenvalue weighted by Gasteiger charge is 2.45. The lowest BCUT2D eigenvalue weighted by atomic mass is 9.81. The second-order valence-electron chi connectivity index (χ2n) is 7.27. The largest absolute Gasteiger partial charge is 0.369 e. The van der Waals surface area contributed by atoms with Gasteiger partial charge in [0.05, 0.1) is 6.61 Å². The Morgan fingerprint density at radius 3 is 2.73 bits per heavy atom. The van der Waals surface area contributed by atoms with E-state index in [9.17, 15) is 0 Å². The number of likely N-dealkylation sites (tertiary alicyclic amines) is 1. The fourth-order valence-corrected chi connectivity index (χ4v) is 4.67. The van der Waals surface area contributed by atoms with Gasteiger partial charge in [-0.15, -0.1) is 0 Å². The quantitative estimate of drug-likeness (QED) is 0.816. The number of benzene rings is 1. The van der Waals surface area contributed by atoms with Crippen LogP contribution in [0.15, 0.2) is 29.8 Å². The molecule has 0 bridgehead atoms. The number of ether oxygens (including phenoxy) is 1. The van der Waals surface area contributed by atoms with Crippen LogP contribution in [0.5, 0.6) is 0 Å². The van der Waals surface area contributed by atoms with E-state index in [4.69, 9.17) is 4.74 Å². The first kappa shape index (κ1) is 14.5. The van der Waals surface area contributed by atoms with Crippen molar-refractivity contribution in [2.24, 2.45) is 0 Å². The minimum atomic E-state index is -0.121. The van der Waals surface area contributed by atoms with Crippen LogP contribution >= 0.6 is 0 Å². The number of hydrogen-bond acceptors (Lipinski definition) is 2. The molecule has 0 N–H and O–H groups in total. The lowest BCUT2D eigenvalue weighted by Crippen LogP contribution is -2.54. The van der Waals surface area contributed by atoms with Crippen LogP contribution in [-0.2, 0) is 11.2 Å². The first-order valence-electron chi connectivity index (χ1n) is 8.89. The van der Waals surface area contributed by atoms with Crippen LogP contribution in [0.1, 0.15) is 50.7 Å². The molecule has 0 amide bonds. The fraction of sp³-hybridized carbons (Fsp3) is 0.600. The molecule has 2 aliphatic heterocycles.